The van der Waals surface area contributed by atoms with Crippen molar-refractivity contribution in [1.82, 2.24) is 0 Å². The van der Waals surface area contributed by atoms with E-state index in [0.29, 0.717) is 11.3 Å². The number of ether oxygens (including phenoxy) is 2. The molecule has 0 bridgehead atoms. The summed E-state index contributed by atoms with van der Waals surface area (Å²) in [7, 11) is 0. The van der Waals surface area contributed by atoms with Crippen molar-refractivity contribution in [1.29, 1.82) is 0 Å². The van der Waals surface area contributed by atoms with Crippen molar-refractivity contribution in [3.63, 3.8) is 0 Å². The fourth-order valence-electron chi connectivity index (χ4n) is 2.10. The summed E-state index contributed by atoms with van der Waals surface area (Å²) < 4.78 is 12.0. The summed E-state index contributed by atoms with van der Waals surface area (Å²) in [6.45, 7) is 0.244. The van der Waals surface area contributed by atoms with Crippen LogP contribution in [-0.2, 0) is 11.3 Å². The number of hydrogen-bond acceptors (Lipinski definition) is 3. The van der Waals surface area contributed by atoms with Gasteiger partial charge in [0.1, 0.15) is 18.1 Å². The molecule has 0 aliphatic rings. The topological polar surface area (TPSA) is 35.5 Å². The van der Waals surface area contributed by atoms with Gasteiger partial charge in [0, 0.05) is 4.47 Å². The number of para-hydroxylation sites is 1. The van der Waals surface area contributed by atoms with Crippen LogP contribution in [-0.4, -0.2) is 5.97 Å². The van der Waals surface area contributed by atoms with Crippen LogP contribution in [0.15, 0.2) is 83.3 Å². The first-order valence-corrected chi connectivity index (χ1v) is 8.24. The molecule has 0 N–H and O–H groups in total. The third-order valence-electron chi connectivity index (χ3n) is 3.35. The molecule has 0 spiro atoms. The van der Waals surface area contributed by atoms with Crippen molar-refractivity contribution in [2.75, 3.05) is 0 Å². The van der Waals surface area contributed by atoms with Crippen LogP contribution in [0.5, 0.6) is 11.5 Å². The molecule has 0 heterocycles. The van der Waals surface area contributed by atoms with Crippen molar-refractivity contribution in [2.45, 2.75) is 6.61 Å². The molecule has 120 valence electrons. The highest BCUT2D eigenvalue weighted by Gasteiger charge is 2.08. The molecule has 24 heavy (non-hydrogen) atoms. The predicted molar refractivity (Wildman–Crippen MR) is 96.2 cm³/mol. The molecule has 0 aliphatic carbocycles. The minimum Gasteiger partial charge on any atom is -0.457 e. The predicted octanol–water partition coefficient (Wildman–Crippen LogP) is 5.60. The molecule has 0 saturated heterocycles. The maximum atomic E-state index is 12.1. The fourth-order valence-corrected chi connectivity index (χ4v) is 2.36. The molecule has 0 amide bonds. The molecule has 3 aromatic rings. The van der Waals surface area contributed by atoms with Gasteiger partial charge in [-0.2, -0.15) is 0 Å². The number of halogens is 1. The number of hydrogen-bond donors (Lipinski definition) is 0. The first kappa shape index (κ1) is 16.3. The Morgan fingerprint density at radius 1 is 0.792 bits per heavy atom. The van der Waals surface area contributed by atoms with Crippen LogP contribution in [0.4, 0.5) is 0 Å². The normalized spacial score (nSPS) is 10.2. The average molecular weight is 383 g/mol. The average Bonchev–Trinajstić information content (AvgIpc) is 2.62. The lowest BCUT2D eigenvalue weighted by Gasteiger charge is -2.07. The largest absolute Gasteiger partial charge is 0.457 e. The first-order valence-electron chi connectivity index (χ1n) is 7.45. The van der Waals surface area contributed by atoms with Gasteiger partial charge in [0.25, 0.3) is 0 Å². The monoisotopic (exact) mass is 382 g/mol. The Hall–Kier alpha value is -2.59. The lowest BCUT2D eigenvalue weighted by molar-refractivity contribution is 0.0472. The smallest absolute Gasteiger partial charge is 0.338 e. The Bertz CT molecular complexity index is 797. The second kappa shape index (κ2) is 7.79. The molecule has 0 unspecified atom stereocenters. The zero-order chi connectivity index (χ0) is 16.8. The third kappa shape index (κ3) is 4.46. The van der Waals surface area contributed by atoms with Gasteiger partial charge in [-0.25, -0.2) is 4.79 Å². The van der Waals surface area contributed by atoms with E-state index in [1.54, 1.807) is 24.3 Å². The van der Waals surface area contributed by atoms with Crippen molar-refractivity contribution >= 4 is 21.9 Å². The van der Waals surface area contributed by atoms with E-state index in [1.807, 2.05) is 54.6 Å². The van der Waals surface area contributed by atoms with E-state index >= 15 is 0 Å². The Morgan fingerprint density at radius 2 is 1.42 bits per heavy atom. The van der Waals surface area contributed by atoms with Gasteiger partial charge in [-0.05, 0) is 54.1 Å². The van der Waals surface area contributed by atoms with Crippen LogP contribution >= 0.6 is 15.9 Å². The molecule has 3 nitrogen and oxygen atoms in total. The number of benzene rings is 3. The van der Waals surface area contributed by atoms with E-state index in [9.17, 15) is 4.79 Å². The molecule has 4 heteroatoms. The van der Waals surface area contributed by atoms with Crippen molar-refractivity contribution < 1.29 is 14.3 Å². The molecule has 0 radical (unpaired) electrons. The van der Waals surface area contributed by atoms with Gasteiger partial charge >= 0.3 is 5.97 Å². The van der Waals surface area contributed by atoms with Gasteiger partial charge in [0.15, 0.2) is 0 Å². The van der Waals surface area contributed by atoms with Gasteiger partial charge in [0.05, 0.1) is 5.56 Å². The molecule has 3 aromatic carbocycles. The van der Waals surface area contributed by atoms with Crippen LogP contribution in [0.3, 0.4) is 0 Å². The minimum absolute atomic E-state index is 0.244. The zero-order valence-electron chi connectivity index (χ0n) is 12.8. The molecule has 0 atom stereocenters. The molecule has 0 fully saturated rings. The van der Waals surface area contributed by atoms with E-state index in [-0.39, 0.29) is 12.6 Å². The quantitative estimate of drug-likeness (QED) is 0.538. The fraction of sp³-hybridized carbons (Fsp3) is 0.0500. The van der Waals surface area contributed by atoms with Gasteiger partial charge in [-0.1, -0.05) is 46.3 Å². The lowest BCUT2D eigenvalue weighted by Crippen LogP contribution is -2.05. The molecular weight excluding hydrogens is 368 g/mol. The van der Waals surface area contributed by atoms with Crippen molar-refractivity contribution in [3.8, 4) is 11.5 Å². The maximum absolute atomic E-state index is 12.1. The second-order valence-electron chi connectivity index (χ2n) is 5.14. The second-order valence-corrected chi connectivity index (χ2v) is 6.06. The highest BCUT2D eigenvalue weighted by atomic mass is 79.9. The number of carbonyl (C=O) groups is 1. The molecule has 0 aromatic heterocycles. The SMILES string of the molecule is O=C(OCc1ccc(Br)cc1)c1ccc(Oc2ccccc2)cc1. The van der Waals surface area contributed by atoms with E-state index < -0.39 is 0 Å². The zero-order valence-corrected chi connectivity index (χ0v) is 14.4. The molecule has 0 saturated carbocycles. The number of rotatable bonds is 5. The van der Waals surface area contributed by atoms with E-state index in [0.717, 1.165) is 15.8 Å². The van der Waals surface area contributed by atoms with E-state index in [2.05, 4.69) is 15.9 Å². The van der Waals surface area contributed by atoms with Gasteiger partial charge in [-0.3, -0.25) is 0 Å². The minimum atomic E-state index is -0.357. The number of esters is 1. The first-order chi connectivity index (χ1) is 11.7. The van der Waals surface area contributed by atoms with Crippen LogP contribution in [0.2, 0.25) is 0 Å². The standard InChI is InChI=1S/C20H15BrO3/c21-17-10-6-15(7-11-17)14-23-20(22)16-8-12-19(13-9-16)24-18-4-2-1-3-5-18/h1-13H,14H2. The van der Waals surface area contributed by atoms with Crippen LogP contribution in [0.25, 0.3) is 0 Å². The van der Waals surface area contributed by atoms with Gasteiger partial charge in [0.2, 0.25) is 0 Å². The maximum Gasteiger partial charge on any atom is 0.338 e. The lowest BCUT2D eigenvalue weighted by atomic mass is 10.2. The highest BCUT2D eigenvalue weighted by molar-refractivity contribution is 9.10. The highest BCUT2D eigenvalue weighted by Crippen LogP contribution is 2.21. The van der Waals surface area contributed by atoms with Crippen LogP contribution in [0.1, 0.15) is 15.9 Å². The van der Waals surface area contributed by atoms with E-state index in [1.165, 1.54) is 0 Å². The van der Waals surface area contributed by atoms with Gasteiger partial charge < -0.3 is 9.47 Å². The van der Waals surface area contributed by atoms with Crippen LogP contribution in [0, 0.1) is 0 Å². The summed E-state index contributed by atoms with van der Waals surface area (Å²) in [6.07, 6.45) is 0. The summed E-state index contributed by atoms with van der Waals surface area (Å²) in [6, 6.07) is 24.0. The Balaban J connectivity index is 1.58. The Labute approximate surface area is 149 Å². The number of carbonyl (C=O) groups excluding carboxylic acids is 1. The summed E-state index contributed by atoms with van der Waals surface area (Å²) in [4.78, 5) is 12.1. The summed E-state index contributed by atoms with van der Waals surface area (Å²) in [5, 5.41) is 0. The van der Waals surface area contributed by atoms with Crippen LogP contribution < -0.4 is 4.74 Å². The third-order valence-corrected chi connectivity index (χ3v) is 3.88. The molecule has 3 rings (SSSR count). The molecule has 0 aliphatic heterocycles. The summed E-state index contributed by atoms with van der Waals surface area (Å²) >= 11 is 3.37. The Kier molecular flexibility index (Phi) is 5.29. The van der Waals surface area contributed by atoms with Crippen molar-refractivity contribution in [2.24, 2.45) is 0 Å². The molecular formula is C20H15BrO3. The van der Waals surface area contributed by atoms with E-state index in [4.69, 9.17) is 9.47 Å². The summed E-state index contributed by atoms with van der Waals surface area (Å²) in [5.74, 6) is 1.07. The van der Waals surface area contributed by atoms with Crippen molar-refractivity contribution in [3.05, 3.63) is 94.5 Å². The van der Waals surface area contributed by atoms with Gasteiger partial charge in [-0.15, -0.1) is 0 Å². The Morgan fingerprint density at radius 3 is 2.08 bits per heavy atom. The summed E-state index contributed by atoms with van der Waals surface area (Å²) in [5.41, 5.74) is 1.43.